The van der Waals surface area contributed by atoms with Gasteiger partial charge in [-0.3, -0.25) is 0 Å². The lowest BCUT2D eigenvalue weighted by Gasteiger charge is -2.35. The summed E-state index contributed by atoms with van der Waals surface area (Å²) in [7, 11) is 5.17. The van der Waals surface area contributed by atoms with E-state index in [1.165, 1.54) is 0 Å². The largest absolute Gasteiger partial charge is 0.378 e. The highest BCUT2D eigenvalue weighted by Gasteiger charge is 2.33. The van der Waals surface area contributed by atoms with Crippen molar-refractivity contribution in [3.8, 4) is 0 Å². The maximum absolute atomic E-state index is 5.53. The van der Waals surface area contributed by atoms with Crippen LogP contribution < -0.4 is 0 Å². The summed E-state index contributed by atoms with van der Waals surface area (Å²) in [5, 5.41) is 0. The minimum atomic E-state index is -0.0139. The SMILES string of the molecule is COC([C@@H](OC)C(C)C)[C@@H](OC)C(C)C. The monoisotopic (exact) mass is 218 g/mol. The van der Waals surface area contributed by atoms with E-state index in [1.54, 1.807) is 21.3 Å². The summed E-state index contributed by atoms with van der Waals surface area (Å²) in [6.07, 6.45) is 0.129. The Kier molecular flexibility index (Phi) is 7.14. The first-order valence-electron chi connectivity index (χ1n) is 5.57. The van der Waals surface area contributed by atoms with Crippen molar-refractivity contribution in [2.24, 2.45) is 11.8 Å². The van der Waals surface area contributed by atoms with Crippen molar-refractivity contribution >= 4 is 0 Å². The van der Waals surface area contributed by atoms with Crippen LogP contribution in [0.3, 0.4) is 0 Å². The average Bonchev–Trinajstić information content (AvgIpc) is 2.16. The van der Waals surface area contributed by atoms with Crippen LogP contribution in [0.15, 0.2) is 0 Å². The number of methoxy groups -OCH3 is 3. The molecule has 0 aliphatic carbocycles. The van der Waals surface area contributed by atoms with Crippen molar-refractivity contribution in [1.29, 1.82) is 0 Å². The fourth-order valence-electron chi connectivity index (χ4n) is 2.03. The van der Waals surface area contributed by atoms with E-state index in [0.717, 1.165) is 0 Å². The summed E-state index contributed by atoms with van der Waals surface area (Å²) < 4.78 is 16.5. The van der Waals surface area contributed by atoms with Gasteiger partial charge in [0.05, 0.1) is 12.2 Å². The van der Waals surface area contributed by atoms with Crippen LogP contribution in [0.25, 0.3) is 0 Å². The summed E-state index contributed by atoms with van der Waals surface area (Å²) in [6, 6.07) is 0. The van der Waals surface area contributed by atoms with E-state index in [4.69, 9.17) is 14.2 Å². The highest BCUT2D eigenvalue weighted by molar-refractivity contribution is 4.83. The third kappa shape index (κ3) is 4.09. The highest BCUT2D eigenvalue weighted by Crippen LogP contribution is 2.22. The first kappa shape index (κ1) is 14.9. The second-order valence-electron chi connectivity index (χ2n) is 4.59. The van der Waals surface area contributed by atoms with Crippen molar-refractivity contribution in [1.82, 2.24) is 0 Å². The highest BCUT2D eigenvalue weighted by atomic mass is 16.6. The van der Waals surface area contributed by atoms with E-state index in [9.17, 15) is 0 Å². The zero-order valence-corrected chi connectivity index (χ0v) is 11.1. The van der Waals surface area contributed by atoms with Gasteiger partial charge in [0.25, 0.3) is 0 Å². The molecule has 0 aromatic rings. The molecule has 0 saturated carbocycles. The molecule has 0 heterocycles. The zero-order chi connectivity index (χ0) is 12.0. The summed E-state index contributed by atoms with van der Waals surface area (Å²) in [5.74, 6) is 0.827. The van der Waals surface area contributed by atoms with Gasteiger partial charge in [-0.25, -0.2) is 0 Å². The van der Waals surface area contributed by atoms with Crippen molar-refractivity contribution in [2.45, 2.75) is 46.0 Å². The fourth-order valence-corrected chi connectivity index (χ4v) is 2.03. The van der Waals surface area contributed by atoms with Gasteiger partial charge in [-0.05, 0) is 11.8 Å². The average molecular weight is 218 g/mol. The van der Waals surface area contributed by atoms with Crippen LogP contribution >= 0.6 is 0 Å². The Hall–Kier alpha value is -0.120. The summed E-state index contributed by atoms with van der Waals surface area (Å²) in [6.45, 7) is 8.53. The van der Waals surface area contributed by atoms with Crippen LogP contribution in [0, 0.1) is 11.8 Å². The third-order valence-electron chi connectivity index (χ3n) is 2.78. The van der Waals surface area contributed by atoms with Crippen LogP contribution in [0.2, 0.25) is 0 Å². The van der Waals surface area contributed by atoms with Crippen LogP contribution in [-0.4, -0.2) is 39.6 Å². The Morgan fingerprint density at radius 1 is 0.533 bits per heavy atom. The van der Waals surface area contributed by atoms with E-state index in [1.807, 2.05) is 0 Å². The lowest BCUT2D eigenvalue weighted by molar-refractivity contribution is -0.132. The minimum absolute atomic E-state index is 0.0139. The van der Waals surface area contributed by atoms with Crippen LogP contribution in [-0.2, 0) is 14.2 Å². The summed E-state index contributed by atoms with van der Waals surface area (Å²) in [5.41, 5.74) is 0. The molecule has 0 aromatic carbocycles. The molecular weight excluding hydrogens is 192 g/mol. The Morgan fingerprint density at radius 2 is 0.800 bits per heavy atom. The molecule has 2 atom stereocenters. The predicted molar refractivity (Wildman–Crippen MR) is 62.1 cm³/mol. The van der Waals surface area contributed by atoms with Gasteiger partial charge >= 0.3 is 0 Å². The van der Waals surface area contributed by atoms with Gasteiger partial charge in [0, 0.05) is 21.3 Å². The lowest BCUT2D eigenvalue weighted by Crippen LogP contribution is -2.46. The van der Waals surface area contributed by atoms with Gasteiger partial charge in [-0.2, -0.15) is 0 Å². The smallest absolute Gasteiger partial charge is 0.110 e. The standard InChI is InChI=1S/C12H26O3/c1-8(2)10(13-5)12(15-7)11(14-6)9(3)4/h8-12H,1-7H3/t10-,11-/m0/s1. The molecule has 0 rings (SSSR count). The van der Waals surface area contributed by atoms with Gasteiger partial charge < -0.3 is 14.2 Å². The molecule has 92 valence electrons. The minimum Gasteiger partial charge on any atom is -0.378 e. The topological polar surface area (TPSA) is 27.7 Å². The molecular formula is C12H26O3. The van der Waals surface area contributed by atoms with E-state index in [-0.39, 0.29) is 18.3 Å². The first-order chi connectivity index (χ1) is 6.99. The number of rotatable bonds is 7. The molecule has 0 aliphatic heterocycles. The van der Waals surface area contributed by atoms with E-state index >= 15 is 0 Å². The summed E-state index contributed by atoms with van der Waals surface area (Å²) >= 11 is 0. The van der Waals surface area contributed by atoms with Crippen LogP contribution in [0.5, 0.6) is 0 Å². The molecule has 0 N–H and O–H groups in total. The molecule has 0 saturated heterocycles. The molecule has 15 heavy (non-hydrogen) atoms. The molecule has 3 heteroatoms. The Labute approximate surface area is 94.1 Å². The number of hydrogen-bond donors (Lipinski definition) is 0. The third-order valence-corrected chi connectivity index (χ3v) is 2.78. The van der Waals surface area contributed by atoms with Crippen molar-refractivity contribution in [2.75, 3.05) is 21.3 Å². The van der Waals surface area contributed by atoms with Crippen LogP contribution in [0.4, 0.5) is 0 Å². The quantitative estimate of drug-likeness (QED) is 0.656. The van der Waals surface area contributed by atoms with Crippen molar-refractivity contribution in [3.63, 3.8) is 0 Å². The molecule has 0 fully saturated rings. The molecule has 0 radical (unpaired) electrons. The van der Waals surface area contributed by atoms with Gasteiger partial charge in [0.15, 0.2) is 0 Å². The van der Waals surface area contributed by atoms with Gasteiger partial charge in [0.1, 0.15) is 6.10 Å². The number of ether oxygens (including phenoxy) is 3. The van der Waals surface area contributed by atoms with Crippen molar-refractivity contribution < 1.29 is 14.2 Å². The second-order valence-corrected chi connectivity index (χ2v) is 4.59. The maximum atomic E-state index is 5.53. The van der Waals surface area contributed by atoms with Crippen LogP contribution in [0.1, 0.15) is 27.7 Å². The Bertz CT molecular complexity index is 141. The lowest BCUT2D eigenvalue weighted by atomic mass is 9.92. The number of hydrogen-bond acceptors (Lipinski definition) is 3. The molecule has 0 aromatic heterocycles. The molecule has 0 unspecified atom stereocenters. The van der Waals surface area contributed by atoms with Crippen molar-refractivity contribution in [3.05, 3.63) is 0 Å². The molecule has 0 spiro atoms. The molecule has 0 amide bonds. The van der Waals surface area contributed by atoms with E-state index in [2.05, 4.69) is 27.7 Å². The second kappa shape index (κ2) is 7.20. The first-order valence-corrected chi connectivity index (χ1v) is 5.57. The molecule has 0 bridgehead atoms. The van der Waals surface area contributed by atoms with Gasteiger partial charge in [-0.1, -0.05) is 27.7 Å². The summed E-state index contributed by atoms with van der Waals surface area (Å²) in [4.78, 5) is 0. The maximum Gasteiger partial charge on any atom is 0.110 e. The van der Waals surface area contributed by atoms with E-state index in [0.29, 0.717) is 11.8 Å². The fraction of sp³-hybridized carbons (Fsp3) is 1.00. The van der Waals surface area contributed by atoms with Gasteiger partial charge in [-0.15, -0.1) is 0 Å². The normalized spacial score (nSPS) is 18.2. The molecule has 3 nitrogen and oxygen atoms in total. The van der Waals surface area contributed by atoms with Gasteiger partial charge in [0.2, 0.25) is 0 Å². The zero-order valence-electron chi connectivity index (χ0n) is 11.1. The molecule has 0 aliphatic rings. The Morgan fingerprint density at radius 3 is 0.933 bits per heavy atom. The Balaban J connectivity index is 4.68. The van der Waals surface area contributed by atoms with E-state index < -0.39 is 0 Å². The predicted octanol–water partition coefficient (Wildman–Crippen LogP) is 2.34.